The van der Waals surface area contributed by atoms with Crippen LogP contribution < -0.4 is 5.32 Å². The zero-order valence-corrected chi connectivity index (χ0v) is 12.6. The van der Waals surface area contributed by atoms with E-state index in [0.717, 1.165) is 39.4 Å². The Balaban J connectivity index is 1.58. The van der Waals surface area contributed by atoms with Crippen LogP contribution >= 0.6 is 0 Å². The number of hydrogen-bond acceptors (Lipinski definition) is 4. The van der Waals surface area contributed by atoms with Gasteiger partial charge in [0.15, 0.2) is 0 Å². The molecule has 1 aromatic heterocycles. The van der Waals surface area contributed by atoms with E-state index in [0.29, 0.717) is 6.04 Å². The van der Waals surface area contributed by atoms with Crippen molar-refractivity contribution in [2.45, 2.75) is 19.5 Å². The molecule has 1 aliphatic rings. The van der Waals surface area contributed by atoms with Crippen LogP contribution in [-0.2, 0) is 11.3 Å². The fourth-order valence-electron chi connectivity index (χ4n) is 2.86. The largest absolute Gasteiger partial charge is 0.379 e. The average Bonchev–Trinajstić information content (AvgIpc) is 2.54. The van der Waals surface area contributed by atoms with Crippen molar-refractivity contribution >= 4 is 10.8 Å². The Hall–Kier alpha value is -1.49. The molecule has 0 spiro atoms. The van der Waals surface area contributed by atoms with Gasteiger partial charge in [-0.2, -0.15) is 0 Å². The first-order chi connectivity index (χ1) is 10.3. The Morgan fingerprint density at radius 2 is 2.14 bits per heavy atom. The number of morpholine rings is 1. The number of nitrogens with zero attached hydrogens (tertiary/aromatic N) is 2. The van der Waals surface area contributed by atoms with Gasteiger partial charge in [-0.05, 0) is 23.9 Å². The highest BCUT2D eigenvalue weighted by atomic mass is 16.5. The van der Waals surface area contributed by atoms with Crippen LogP contribution in [0.2, 0.25) is 0 Å². The van der Waals surface area contributed by atoms with Crippen molar-refractivity contribution in [3.63, 3.8) is 0 Å². The molecule has 1 atom stereocenters. The van der Waals surface area contributed by atoms with Gasteiger partial charge in [0, 0.05) is 50.0 Å². The second kappa shape index (κ2) is 6.98. The molecule has 0 aliphatic carbocycles. The zero-order valence-electron chi connectivity index (χ0n) is 12.6. The Morgan fingerprint density at radius 1 is 1.29 bits per heavy atom. The summed E-state index contributed by atoms with van der Waals surface area (Å²) in [5, 5.41) is 6.13. The van der Waals surface area contributed by atoms with Crippen molar-refractivity contribution in [1.29, 1.82) is 0 Å². The van der Waals surface area contributed by atoms with E-state index in [-0.39, 0.29) is 0 Å². The van der Waals surface area contributed by atoms with Crippen LogP contribution in [0.5, 0.6) is 0 Å². The predicted octanol–water partition coefficient (Wildman–Crippen LogP) is 2.05. The van der Waals surface area contributed by atoms with Gasteiger partial charge in [0.2, 0.25) is 0 Å². The second-order valence-electron chi connectivity index (χ2n) is 5.71. The van der Waals surface area contributed by atoms with Gasteiger partial charge in [-0.3, -0.25) is 9.88 Å². The molecule has 1 aromatic carbocycles. The van der Waals surface area contributed by atoms with Gasteiger partial charge >= 0.3 is 0 Å². The van der Waals surface area contributed by atoms with Crippen molar-refractivity contribution in [2.75, 3.05) is 32.8 Å². The van der Waals surface area contributed by atoms with Crippen molar-refractivity contribution in [1.82, 2.24) is 15.2 Å². The zero-order chi connectivity index (χ0) is 14.5. The summed E-state index contributed by atoms with van der Waals surface area (Å²) in [4.78, 5) is 6.65. The molecule has 2 heterocycles. The van der Waals surface area contributed by atoms with Gasteiger partial charge < -0.3 is 10.1 Å². The predicted molar refractivity (Wildman–Crippen MR) is 85.3 cm³/mol. The molecule has 1 unspecified atom stereocenters. The van der Waals surface area contributed by atoms with Gasteiger partial charge in [-0.25, -0.2) is 0 Å². The van der Waals surface area contributed by atoms with Gasteiger partial charge in [-0.1, -0.05) is 18.2 Å². The molecule has 2 aromatic rings. The Kier molecular flexibility index (Phi) is 4.80. The van der Waals surface area contributed by atoms with Crippen LogP contribution in [0.1, 0.15) is 12.5 Å². The summed E-state index contributed by atoms with van der Waals surface area (Å²) in [6, 6.07) is 8.98. The van der Waals surface area contributed by atoms with Gasteiger partial charge in [0.1, 0.15) is 0 Å². The Bertz CT molecular complexity index is 576. The highest BCUT2D eigenvalue weighted by Gasteiger charge is 2.13. The van der Waals surface area contributed by atoms with E-state index in [9.17, 15) is 0 Å². The molecular weight excluding hydrogens is 262 g/mol. The highest BCUT2D eigenvalue weighted by Crippen LogP contribution is 2.17. The smallest absolute Gasteiger partial charge is 0.0594 e. The molecular formula is C17H23N3O. The molecule has 21 heavy (non-hydrogen) atoms. The van der Waals surface area contributed by atoms with Crippen LogP contribution in [0.15, 0.2) is 36.7 Å². The van der Waals surface area contributed by atoms with Gasteiger partial charge in [0.25, 0.3) is 0 Å². The molecule has 1 N–H and O–H groups in total. The first kappa shape index (κ1) is 14.4. The number of benzene rings is 1. The number of pyridine rings is 1. The Labute approximate surface area is 126 Å². The maximum atomic E-state index is 5.39. The first-order valence-electron chi connectivity index (χ1n) is 7.68. The minimum Gasteiger partial charge on any atom is -0.379 e. The molecule has 0 bridgehead atoms. The molecule has 0 amide bonds. The van der Waals surface area contributed by atoms with Crippen LogP contribution in [0.25, 0.3) is 10.8 Å². The summed E-state index contributed by atoms with van der Waals surface area (Å²) in [6.07, 6.45) is 3.79. The maximum Gasteiger partial charge on any atom is 0.0594 e. The lowest BCUT2D eigenvalue weighted by Gasteiger charge is -2.29. The van der Waals surface area contributed by atoms with Crippen molar-refractivity contribution < 1.29 is 4.74 Å². The van der Waals surface area contributed by atoms with E-state index in [4.69, 9.17) is 4.74 Å². The lowest BCUT2D eigenvalue weighted by molar-refractivity contribution is 0.0343. The lowest BCUT2D eigenvalue weighted by Crippen LogP contribution is -2.44. The summed E-state index contributed by atoms with van der Waals surface area (Å²) in [6.45, 7) is 8.05. The molecule has 3 rings (SSSR count). The summed E-state index contributed by atoms with van der Waals surface area (Å²) in [5.74, 6) is 0. The minimum atomic E-state index is 0.472. The third-order valence-electron chi connectivity index (χ3n) is 4.05. The summed E-state index contributed by atoms with van der Waals surface area (Å²) < 4.78 is 5.39. The van der Waals surface area contributed by atoms with Crippen LogP contribution in [0, 0.1) is 0 Å². The summed E-state index contributed by atoms with van der Waals surface area (Å²) in [7, 11) is 0. The number of aromatic nitrogens is 1. The highest BCUT2D eigenvalue weighted by molar-refractivity contribution is 5.84. The van der Waals surface area contributed by atoms with Crippen molar-refractivity contribution in [3.05, 3.63) is 42.2 Å². The fraction of sp³-hybridized carbons (Fsp3) is 0.471. The van der Waals surface area contributed by atoms with Crippen molar-refractivity contribution in [2.24, 2.45) is 0 Å². The van der Waals surface area contributed by atoms with Crippen LogP contribution in [0.3, 0.4) is 0 Å². The van der Waals surface area contributed by atoms with E-state index in [2.05, 4.69) is 46.4 Å². The summed E-state index contributed by atoms with van der Waals surface area (Å²) in [5.41, 5.74) is 1.34. The van der Waals surface area contributed by atoms with Crippen LogP contribution in [-0.4, -0.2) is 48.8 Å². The molecule has 1 fully saturated rings. The minimum absolute atomic E-state index is 0.472. The lowest BCUT2D eigenvalue weighted by atomic mass is 10.1. The quantitative estimate of drug-likeness (QED) is 0.912. The standard InChI is InChI=1S/C17H23N3O/c1-14(13-20-7-9-21-10-8-20)19-12-16-4-2-3-15-11-18-6-5-17(15)16/h2-6,11,14,19H,7-10,12-13H2,1H3. The number of ether oxygens (including phenoxy) is 1. The molecule has 1 aliphatic heterocycles. The monoisotopic (exact) mass is 285 g/mol. The molecule has 112 valence electrons. The second-order valence-corrected chi connectivity index (χ2v) is 5.71. The third kappa shape index (κ3) is 3.79. The SMILES string of the molecule is CC(CN1CCOCC1)NCc1cccc2cnccc12. The average molecular weight is 285 g/mol. The van der Waals surface area contributed by atoms with E-state index < -0.39 is 0 Å². The third-order valence-corrected chi connectivity index (χ3v) is 4.05. The summed E-state index contributed by atoms with van der Waals surface area (Å²) >= 11 is 0. The normalized spacial score (nSPS) is 18.0. The van der Waals surface area contributed by atoms with E-state index in [1.807, 2.05) is 12.4 Å². The van der Waals surface area contributed by atoms with Gasteiger partial charge in [-0.15, -0.1) is 0 Å². The maximum absolute atomic E-state index is 5.39. The van der Waals surface area contributed by atoms with E-state index in [1.165, 1.54) is 16.3 Å². The number of rotatable bonds is 5. The fourth-order valence-corrected chi connectivity index (χ4v) is 2.86. The molecule has 1 saturated heterocycles. The number of hydrogen-bond donors (Lipinski definition) is 1. The number of nitrogens with one attached hydrogen (secondary N) is 1. The van der Waals surface area contributed by atoms with Crippen LogP contribution in [0.4, 0.5) is 0 Å². The molecule has 4 heteroatoms. The number of fused-ring (bicyclic) bond motifs is 1. The Morgan fingerprint density at radius 3 is 3.00 bits per heavy atom. The molecule has 0 radical (unpaired) electrons. The van der Waals surface area contributed by atoms with Gasteiger partial charge in [0.05, 0.1) is 13.2 Å². The molecule has 4 nitrogen and oxygen atoms in total. The van der Waals surface area contributed by atoms with E-state index >= 15 is 0 Å². The first-order valence-corrected chi connectivity index (χ1v) is 7.68. The topological polar surface area (TPSA) is 37.4 Å². The molecule has 0 saturated carbocycles. The van der Waals surface area contributed by atoms with E-state index in [1.54, 1.807) is 0 Å². The van der Waals surface area contributed by atoms with Crippen molar-refractivity contribution in [3.8, 4) is 0 Å².